The fourth-order valence-corrected chi connectivity index (χ4v) is 2.58. The van der Waals surface area contributed by atoms with E-state index in [9.17, 15) is 9.59 Å². The predicted molar refractivity (Wildman–Crippen MR) is 91.0 cm³/mol. The Morgan fingerprint density at radius 2 is 1.88 bits per heavy atom. The highest BCUT2D eigenvalue weighted by Crippen LogP contribution is 2.28. The number of nitrogens with one attached hydrogen (secondary N) is 1. The van der Waals surface area contributed by atoms with E-state index in [0.29, 0.717) is 17.9 Å². The zero-order valence-corrected chi connectivity index (χ0v) is 14.3. The molecule has 0 bridgehead atoms. The third-order valence-electron chi connectivity index (χ3n) is 4.19. The van der Waals surface area contributed by atoms with Crippen LogP contribution >= 0.6 is 0 Å². The van der Waals surface area contributed by atoms with Gasteiger partial charge in [0.15, 0.2) is 0 Å². The minimum Gasteiger partial charge on any atom is -0.478 e. The van der Waals surface area contributed by atoms with Gasteiger partial charge in [-0.25, -0.2) is 4.79 Å². The lowest BCUT2D eigenvalue weighted by molar-refractivity contribution is -0.121. The molecule has 1 amide bonds. The molecule has 1 aromatic carbocycles. The molecule has 0 fully saturated rings. The largest absolute Gasteiger partial charge is 0.478 e. The van der Waals surface area contributed by atoms with Crippen LogP contribution in [0.4, 0.5) is 0 Å². The third kappa shape index (κ3) is 4.47. The third-order valence-corrected chi connectivity index (χ3v) is 4.19. The van der Waals surface area contributed by atoms with E-state index < -0.39 is 5.97 Å². The fourth-order valence-electron chi connectivity index (χ4n) is 2.58. The quantitative estimate of drug-likeness (QED) is 0.812. The van der Waals surface area contributed by atoms with Crippen molar-refractivity contribution in [1.82, 2.24) is 5.32 Å². The minimum absolute atomic E-state index is 0.0788. The summed E-state index contributed by atoms with van der Waals surface area (Å²) in [5.41, 5.74) is 1.24. The number of carboxylic acid groups (broad SMARTS) is 1. The summed E-state index contributed by atoms with van der Waals surface area (Å²) >= 11 is 0. The van der Waals surface area contributed by atoms with Crippen LogP contribution in [-0.4, -0.2) is 17.0 Å². The second-order valence-electron chi connectivity index (χ2n) is 6.51. The van der Waals surface area contributed by atoms with Crippen LogP contribution in [0.2, 0.25) is 0 Å². The average Bonchev–Trinajstić information content (AvgIpc) is 2.93. The van der Waals surface area contributed by atoms with Gasteiger partial charge in [-0.2, -0.15) is 0 Å². The van der Waals surface area contributed by atoms with E-state index in [1.54, 1.807) is 6.92 Å². The molecule has 128 valence electrons. The minimum atomic E-state index is -1.03. The van der Waals surface area contributed by atoms with E-state index in [0.717, 1.165) is 6.42 Å². The van der Waals surface area contributed by atoms with Gasteiger partial charge in [0, 0.05) is 6.42 Å². The highest BCUT2D eigenvalue weighted by molar-refractivity contribution is 5.88. The number of aryl methyl sites for hydroxylation is 1. The van der Waals surface area contributed by atoms with Gasteiger partial charge < -0.3 is 14.8 Å². The summed E-state index contributed by atoms with van der Waals surface area (Å²) in [6.07, 6.45) is 1.12. The number of hydrogen-bond donors (Lipinski definition) is 2. The van der Waals surface area contributed by atoms with Crippen molar-refractivity contribution < 1.29 is 19.1 Å². The van der Waals surface area contributed by atoms with E-state index in [4.69, 9.17) is 9.52 Å². The van der Waals surface area contributed by atoms with Gasteiger partial charge in [-0.05, 0) is 30.4 Å². The van der Waals surface area contributed by atoms with Crippen molar-refractivity contribution in [2.75, 3.05) is 0 Å². The smallest absolute Gasteiger partial charge is 0.339 e. The first-order valence-electron chi connectivity index (χ1n) is 7.94. The molecule has 0 radical (unpaired) electrons. The molecule has 2 aromatic rings. The zero-order chi connectivity index (χ0) is 17.7. The molecule has 2 N–H and O–H groups in total. The van der Waals surface area contributed by atoms with Crippen LogP contribution in [0.5, 0.6) is 0 Å². The Hall–Kier alpha value is -2.56. The fraction of sp³-hybridized carbons (Fsp3) is 0.368. The van der Waals surface area contributed by atoms with Gasteiger partial charge >= 0.3 is 5.97 Å². The lowest BCUT2D eigenvalue weighted by Gasteiger charge is -2.25. The van der Waals surface area contributed by atoms with E-state index >= 15 is 0 Å². The van der Waals surface area contributed by atoms with E-state index in [1.165, 1.54) is 11.6 Å². The molecule has 24 heavy (non-hydrogen) atoms. The lowest BCUT2D eigenvalue weighted by atomic mass is 9.80. The molecule has 1 heterocycles. The maximum absolute atomic E-state index is 12.1. The van der Waals surface area contributed by atoms with Crippen LogP contribution in [0.15, 0.2) is 40.8 Å². The lowest BCUT2D eigenvalue weighted by Crippen LogP contribution is -2.26. The summed E-state index contributed by atoms with van der Waals surface area (Å²) < 4.78 is 5.35. The van der Waals surface area contributed by atoms with Crippen LogP contribution in [0, 0.1) is 6.92 Å². The second-order valence-corrected chi connectivity index (χ2v) is 6.51. The van der Waals surface area contributed by atoms with Crippen LogP contribution < -0.4 is 5.32 Å². The first-order chi connectivity index (χ1) is 11.3. The summed E-state index contributed by atoms with van der Waals surface area (Å²) in [5.74, 6) is -0.319. The van der Waals surface area contributed by atoms with E-state index in [2.05, 4.69) is 31.3 Å². The van der Waals surface area contributed by atoms with Gasteiger partial charge in [-0.3, -0.25) is 4.79 Å². The van der Waals surface area contributed by atoms with Crippen molar-refractivity contribution in [3.8, 4) is 0 Å². The van der Waals surface area contributed by atoms with Crippen molar-refractivity contribution in [1.29, 1.82) is 0 Å². The molecule has 0 saturated carbocycles. The number of amides is 1. The Balaban J connectivity index is 1.85. The molecule has 0 saturated heterocycles. The van der Waals surface area contributed by atoms with Crippen LogP contribution in [0.3, 0.4) is 0 Å². The first-order valence-corrected chi connectivity index (χ1v) is 7.94. The van der Waals surface area contributed by atoms with Crippen molar-refractivity contribution in [2.45, 2.75) is 45.6 Å². The van der Waals surface area contributed by atoms with Gasteiger partial charge in [-0.1, -0.05) is 44.2 Å². The summed E-state index contributed by atoms with van der Waals surface area (Å²) in [6.45, 7) is 6.02. The average molecular weight is 329 g/mol. The number of hydrogen-bond acceptors (Lipinski definition) is 3. The molecule has 0 spiro atoms. The summed E-state index contributed by atoms with van der Waals surface area (Å²) in [4.78, 5) is 23.0. The molecular formula is C19H23NO4. The summed E-state index contributed by atoms with van der Waals surface area (Å²) in [5, 5.41) is 11.8. The molecule has 2 rings (SSSR count). The summed E-state index contributed by atoms with van der Waals surface area (Å²) in [7, 11) is 0. The number of benzene rings is 1. The molecule has 0 unspecified atom stereocenters. The number of carbonyl (C=O) groups excluding carboxylic acids is 1. The standard InChI is InChI=1S/C19H23NO4/c1-13-16(18(22)23)11-15(24-13)12-20-17(21)9-10-19(2,3)14-7-5-4-6-8-14/h4-8,11H,9-10,12H2,1-3H3,(H,20,21)(H,22,23). The maximum Gasteiger partial charge on any atom is 0.339 e. The number of carbonyl (C=O) groups is 2. The first kappa shape index (κ1) is 17.8. The van der Waals surface area contributed by atoms with Crippen molar-refractivity contribution in [2.24, 2.45) is 0 Å². The molecule has 0 atom stereocenters. The molecular weight excluding hydrogens is 306 g/mol. The maximum atomic E-state index is 12.1. The number of rotatable bonds is 7. The number of furan rings is 1. The SMILES string of the molecule is Cc1oc(CNC(=O)CCC(C)(C)c2ccccc2)cc1C(=O)O. The van der Waals surface area contributed by atoms with Crippen LogP contribution in [0.25, 0.3) is 0 Å². The topological polar surface area (TPSA) is 79.5 Å². The Labute approximate surface area is 141 Å². The van der Waals surface area contributed by atoms with Crippen LogP contribution in [-0.2, 0) is 16.8 Å². The van der Waals surface area contributed by atoms with Gasteiger partial charge in [0.2, 0.25) is 5.91 Å². The Bertz CT molecular complexity index is 716. The summed E-state index contributed by atoms with van der Waals surface area (Å²) in [6, 6.07) is 11.6. The van der Waals surface area contributed by atoms with Gasteiger partial charge in [0.1, 0.15) is 17.1 Å². The highest BCUT2D eigenvalue weighted by Gasteiger charge is 2.21. The molecule has 0 aliphatic heterocycles. The van der Waals surface area contributed by atoms with Crippen molar-refractivity contribution in [3.63, 3.8) is 0 Å². The zero-order valence-electron chi connectivity index (χ0n) is 14.3. The molecule has 5 heteroatoms. The normalized spacial score (nSPS) is 11.3. The van der Waals surface area contributed by atoms with E-state index in [1.807, 2.05) is 18.2 Å². The van der Waals surface area contributed by atoms with Crippen molar-refractivity contribution >= 4 is 11.9 Å². The van der Waals surface area contributed by atoms with Gasteiger partial charge in [0.25, 0.3) is 0 Å². The van der Waals surface area contributed by atoms with Crippen molar-refractivity contribution in [3.05, 3.63) is 59.0 Å². The highest BCUT2D eigenvalue weighted by atomic mass is 16.4. The molecule has 0 aliphatic carbocycles. The Kier molecular flexibility index (Phi) is 5.44. The monoisotopic (exact) mass is 329 g/mol. The molecule has 1 aromatic heterocycles. The van der Waals surface area contributed by atoms with Gasteiger partial charge in [0.05, 0.1) is 6.54 Å². The second kappa shape index (κ2) is 7.34. The Morgan fingerprint density at radius 3 is 2.46 bits per heavy atom. The van der Waals surface area contributed by atoms with Crippen LogP contribution in [0.1, 0.15) is 54.1 Å². The number of aromatic carboxylic acids is 1. The molecule has 0 aliphatic rings. The predicted octanol–water partition coefficient (Wildman–Crippen LogP) is 3.66. The van der Waals surface area contributed by atoms with E-state index in [-0.39, 0.29) is 23.4 Å². The molecule has 5 nitrogen and oxygen atoms in total. The Morgan fingerprint density at radius 1 is 1.21 bits per heavy atom. The number of carboxylic acids is 1. The van der Waals surface area contributed by atoms with Gasteiger partial charge in [-0.15, -0.1) is 0 Å².